The highest BCUT2D eigenvalue weighted by Crippen LogP contribution is 2.08. The smallest absolute Gasteiger partial charge is 0.251 e. The quantitative estimate of drug-likeness (QED) is 0.736. The second-order valence-electron chi connectivity index (χ2n) is 4.11. The number of amides is 1. The van der Waals surface area contributed by atoms with Crippen LogP contribution in [-0.2, 0) is 6.54 Å². The zero-order valence-electron chi connectivity index (χ0n) is 10.5. The average Bonchev–Trinajstić information content (AvgIpc) is 3.18. The molecule has 2 aromatic heterocycles. The van der Waals surface area contributed by atoms with Gasteiger partial charge in [-0.15, -0.1) is 0 Å². The Bertz CT molecular complexity index is 672. The molecule has 3 aromatic rings. The molecule has 0 spiro atoms. The van der Waals surface area contributed by atoms with Crippen LogP contribution < -0.4 is 5.32 Å². The summed E-state index contributed by atoms with van der Waals surface area (Å²) in [5.74, 6) is 0.458. The molecule has 1 aromatic carbocycles. The Kier molecular flexibility index (Phi) is 3.24. The van der Waals surface area contributed by atoms with Crippen LogP contribution in [0.25, 0.3) is 5.69 Å². The van der Waals surface area contributed by atoms with E-state index >= 15 is 0 Å². The summed E-state index contributed by atoms with van der Waals surface area (Å²) in [6.45, 7) is 0.319. The summed E-state index contributed by atoms with van der Waals surface area (Å²) >= 11 is 0. The summed E-state index contributed by atoms with van der Waals surface area (Å²) in [5.41, 5.74) is 1.49. The molecule has 0 radical (unpaired) electrons. The third kappa shape index (κ3) is 2.56. The van der Waals surface area contributed by atoms with Crippen LogP contribution in [0, 0.1) is 0 Å². The predicted molar refractivity (Wildman–Crippen MR) is 71.1 cm³/mol. The van der Waals surface area contributed by atoms with Gasteiger partial charge in [0.2, 0.25) is 0 Å². The predicted octanol–water partition coefficient (Wildman–Crippen LogP) is 0.920. The van der Waals surface area contributed by atoms with Crippen LogP contribution in [0.1, 0.15) is 16.2 Å². The lowest BCUT2D eigenvalue weighted by Gasteiger charge is -2.05. The molecular weight excluding hydrogens is 256 g/mol. The van der Waals surface area contributed by atoms with Gasteiger partial charge in [0.1, 0.15) is 12.2 Å². The number of aromatic nitrogens is 5. The van der Waals surface area contributed by atoms with E-state index < -0.39 is 0 Å². The zero-order chi connectivity index (χ0) is 13.8. The van der Waals surface area contributed by atoms with Crippen molar-refractivity contribution in [3.05, 3.63) is 60.4 Å². The minimum absolute atomic E-state index is 0.159. The molecule has 0 atom stereocenters. The molecule has 20 heavy (non-hydrogen) atoms. The summed E-state index contributed by atoms with van der Waals surface area (Å²) in [5, 5.41) is 13.3. The monoisotopic (exact) mass is 268 g/mol. The van der Waals surface area contributed by atoms with E-state index in [1.54, 1.807) is 23.0 Å². The highest BCUT2D eigenvalue weighted by atomic mass is 16.1. The number of carbonyl (C=O) groups excluding carboxylic acids is 1. The molecule has 0 unspecified atom stereocenters. The molecule has 1 amide bonds. The molecule has 2 N–H and O–H groups in total. The van der Waals surface area contributed by atoms with E-state index in [9.17, 15) is 4.79 Å². The van der Waals surface area contributed by atoms with Gasteiger partial charge in [0, 0.05) is 18.0 Å². The highest BCUT2D eigenvalue weighted by Gasteiger charge is 2.06. The Hall–Kier alpha value is -2.96. The summed E-state index contributed by atoms with van der Waals surface area (Å²) in [6, 6.07) is 9.05. The average molecular weight is 268 g/mol. The van der Waals surface area contributed by atoms with Crippen LogP contribution in [0.4, 0.5) is 0 Å². The molecule has 0 aliphatic carbocycles. The van der Waals surface area contributed by atoms with Crippen LogP contribution in [0.2, 0.25) is 0 Å². The lowest BCUT2D eigenvalue weighted by Crippen LogP contribution is -2.23. The number of nitrogens with one attached hydrogen (secondary N) is 2. The first-order chi connectivity index (χ1) is 9.83. The van der Waals surface area contributed by atoms with Gasteiger partial charge in [-0.05, 0) is 30.3 Å². The third-order valence-electron chi connectivity index (χ3n) is 2.78. The molecule has 0 aliphatic rings. The molecule has 0 fully saturated rings. The van der Waals surface area contributed by atoms with Crippen molar-refractivity contribution in [1.82, 2.24) is 30.3 Å². The highest BCUT2D eigenvalue weighted by molar-refractivity contribution is 5.94. The first-order valence-electron chi connectivity index (χ1n) is 6.05. The second kappa shape index (κ2) is 5.35. The van der Waals surface area contributed by atoms with E-state index in [0.717, 1.165) is 5.69 Å². The maximum absolute atomic E-state index is 11.9. The number of carbonyl (C=O) groups is 1. The molecule has 0 saturated carbocycles. The number of hydrogen-bond donors (Lipinski definition) is 2. The summed E-state index contributed by atoms with van der Waals surface area (Å²) in [4.78, 5) is 15.9. The molecule has 2 heterocycles. The van der Waals surface area contributed by atoms with Crippen molar-refractivity contribution >= 4 is 5.91 Å². The number of H-pyrrole nitrogens is 1. The van der Waals surface area contributed by atoms with E-state index in [-0.39, 0.29) is 5.91 Å². The first-order valence-corrected chi connectivity index (χ1v) is 6.05. The van der Waals surface area contributed by atoms with Crippen LogP contribution in [0.15, 0.2) is 49.1 Å². The Labute approximate surface area is 114 Å². The molecule has 3 rings (SSSR count). The van der Waals surface area contributed by atoms with Crippen LogP contribution in [0.3, 0.4) is 0 Å². The van der Waals surface area contributed by atoms with Gasteiger partial charge in [-0.25, -0.2) is 9.67 Å². The largest absolute Gasteiger partial charge is 0.345 e. The molecule has 0 saturated heterocycles. The van der Waals surface area contributed by atoms with Gasteiger partial charge >= 0.3 is 0 Å². The van der Waals surface area contributed by atoms with Crippen molar-refractivity contribution in [3.63, 3.8) is 0 Å². The lowest BCUT2D eigenvalue weighted by molar-refractivity contribution is 0.0950. The Morgan fingerprint density at radius 1 is 1.30 bits per heavy atom. The standard InChI is InChI=1S/C13H12N6O/c20-13(14-8-12-15-9-16-18-12)10-2-4-11(5-3-10)19-7-1-6-17-19/h1-7,9H,8H2,(H,14,20)(H,15,16,18). The molecule has 0 bridgehead atoms. The second-order valence-corrected chi connectivity index (χ2v) is 4.11. The fourth-order valence-corrected chi connectivity index (χ4v) is 1.77. The van der Waals surface area contributed by atoms with Gasteiger partial charge in [-0.1, -0.05) is 0 Å². The molecule has 7 heteroatoms. The Morgan fingerprint density at radius 3 is 2.80 bits per heavy atom. The molecule has 100 valence electrons. The van der Waals surface area contributed by atoms with E-state index in [1.807, 2.05) is 24.4 Å². The van der Waals surface area contributed by atoms with Gasteiger partial charge in [0.05, 0.1) is 12.2 Å². The van der Waals surface area contributed by atoms with Crippen LogP contribution in [0.5, 0.6) is 0 Å². The summed E-state index contributed by atoms with van der Waals surface area (Å²) in [7, 11) is 0. The fraction of sp³-hybridized carbons (Fsp3) is 0.0769. The van der Waals surface area contributed by atoms with Crippen molar-refractivity contribution < 1.29 is 4.79 Å². The SMILES string of the molecule is O=C(NCc1ncn[nH]1)c1ccc(-n2cccn2)cc1. The number of benzene rings is 1. The fourth-order valence-electron chi connectivity index (χ4n) is 1.77. The number of nitrogens with zero attached hydrogens (tertiary/aromatic N) is 4. The first kappa shape index (κ1) is 12.1. The van der Waals surface area contributed by atoms with Crippen molar-refractivity contribution in [2.45, 2.75) is 6.54 Å². The van der Waals surface area contributed by atoms with Crippen molar-refractivity contribution in [3.8, 4) is 5.69 Å². The third-order valence-corrected chi connectivity index (χ3v) is 2.78. The van der Waals surface area contributed by atoms with E-state index in [4.69, 9.17) is 0 Å². The van der Waals surface area contributed by atoms with Crippen molar-refractivity contribution in [2.75, 3.05) is 0 Å². The maximum atomic E-state index is 11.9. The van der Waals surface area contributed by atoms with Crippen LogP contribution in [-0.4, -0.2) is 30.9 Å². The number of hydrogen-bond acceptors (Lipinski definition) is 4. The van der Waals surface area contributed by atoms with Gasteiger partial charge < -0.3 is 5.32 Å². The molecular formula is C13H12N6O. The minimum Gasteiger partial charge on any atom is -0.345 e. The van der Waals surface area contributed by atoms with Gasteiger partial charge in [-0.2, -0.15) is 10.2 Å². The molecule has 0 aliphatic heterocycles. The summed E-state index contributed by atoms with van der Waals surface area (Å²) < 4.78 is 1.73. The molecule has 7 nitrogen and oxygen atoms in total. The maximum Gasteiger partial charge on any atom is 0.251 e. The van der Waals surface area contributed by atoms with Crippen molar-refractivity contribution in [1.29, 1.82) is 0 Å². The summed E-state index contributed by atoms with van der Waals surface area (Å²) in [6.07, 6.45) is 4.96. The van der Waals surface area contributed by atoms with Crippen LogP contribution >= 0.6 is 0 Å². The van der Waals surface area contributed by atoms with Gasteiger partial charge in [0.25, 0.3) is 5.91 Å². The lowest BCUT2D eigenvalue weighted by atomic mass is 10.2. The Morgan fingerprint density at radius 2 is 2.15 bits per heavy atom. The van der Waals surface area contributed by atoms with E-state index in [0.29, 0.717) is 17.9 Å². The Balaban J connectivity index is 1.66. The normalized spacial score (nSPS) is 10.4. The minimum atomic E-state index is -0.159. The topological polar surface area (TPSA) is 88.5 Å². The van der Waals surface area contributed by atoms with Gasteiger partial charge in [0.15, 0.2) is 0 Å². The van der Waals surface area contributed by atoms with E-state index in [2.05, 4.69) is 25.6 Å². The van der Waals surface area contributed by atoms with E-state index in [1.165, 1.54) is 6.33 Å². The van der Waals surface area contributed by atoms with Crippen molar-refractivity contribution in [2.24, 2.45) is 0 Å². The number of rotatable bonds is 4. The van der Waals surface area contributed by atoms with Gasteiger partial charge in [-0.3, -0.25) is 9.89 Å². The zero-order valence-corrected chi connectivity index (χ0v) is 10.5. The number of aromatic amines is 1.